The molecule has 1 aliphatic heterocycles. The Morgan fingerprint density at radius 3 is 2.83 bits per heavy atom. The standard InChI is InChI=1S/C18H27N3O2S/c1-13(20-24(22)18(2,3)4)14-8-9-16-15(11-14)19-12-21(16)17-7-5-6-10-23-17/h8-9,11-13,17,20H,5-7,10H2,1-4H3/t13-,17?,24-/m0/s1. The SMILES string of the molecule is C[C@H](N[S@@](=O)C(C)(C)C)c1ccc2c(c1)ncn2C1CCCCO1. The Hall–Kier alpha value is -1.24. The molecular formula is C18H27N3O2S. The molecule has 2 aromatic rings. The van der Waals surface area contributed by atoms with Crippen molar-refractivity contribution in [3.63, 3.8) is 0 Å². The summed E-state index contributed by atoms with van der Waals surface area (Å²) in [5, 5.41) is 0. The molecule has 1 unspecified atom stereocenters. The van der Waals surface area contributed by atoms with Crippen LogP contribution in [0, 0.1) is 0 Å². The van der Waals surface area contributed by atoms with E-state index in [-0.39, 0.29) is 17.0 Å². The Kier molecular flexibility index (Phi) is 5.08. The molecule has 2 heterocycles. The highest BCUT2D eigenvalue weighted by Gasteiger charge is 2.22. The first-order valence-corrected chi connectivity index (χ1v) is 9.77. The number of hydrogen-bond acceptors (Lipinski definition) is 3. The van der Waals surface area contributed by atoms with Gasteiger partial charge in [-0.2, -0.15) is 0 Å². The number of ether oxygens (including phenoxy) is 1. The van der Waals surface area contributed by atoms with E-state index in [1.165, 1.54) is 6.42 Å². The fraction of sp³-hybridized carbons (Fsp3) is 0.611. The van der Waals surface area contributed by atoms with E-state index >= 15 is 0 Å². The Balaban J connectivity index is 1.80. The molecule has 5 nitrogen and oxygen atoms in total. The van der Waals surface area contributed by atoms with E-state index in [0.717, 1.165) is 36.0 Å². The number of benzene rings is 1. The van der Waals surface area contributed by atoms with Crippen LogP contribution < -0.4 is 4.72 Å². The minimum absolute atomic E-state index is 0.00513. The minimum Gasteiger partial charge on any atom is -0.358 e. The molecule has 3 atom stereocenters. The van der Waals surface area contributed by atoms with Crippen LogP contribution >= 0.6 is 0 Å². The highest BCUT2D eigenvalue weighted by molar-refractivity contribution is 7.84. The van der Waals surface area contributed by atoms with Gasteiger partial charge in [-0.25, -0.2) is 13.9 Å². The topological polar surface area (TPSA) is 56.2 Å². The highest BCUT2D eigenvalue weighted by Crippen LogP contribution is 2.28. The Labute approximate surface area is 146 Å². The molecule has 6 heteroatoms. The number of rotatable bonds is 4. The van der Waals surface area contributed by atoms with Crippen molar-refractivity contribution in [3.8, 4) is 0 Å². The van der Waals surface area contributed by atoms with Gasteiger partial charge >= 0.3 is 0 Å². The molecule has 0 aliphatic carbocycles. The van der Waals surface area contributed by atoms with Gasteiger partial charge in [0, 0.05) is 12.6 Å². The molecule has 1 saturated heterocycles. The van der Waals surface area contributed by atoms with Gasteiger partial charge in [0.1, 0.15) is 6.23 Å². The van der Waals surface area contributed by atoms with Crippen molar-refractivity contribution in [1.82, 2.24) is 14.3 Å². The average molecular weight is 350 g/mol. The Morgan fingerprint density at radius 2 is 2.17 bits per heavy atom. The molecule has 1 fully saturated rings. The second-order valence-electron chi connectivity index (χ2n) is 7.44. The zero-order chi connectivity index (χ0) is 17.3. The van der Waals surface area contributed by atoms with Crippen LogP contribution in [0.5, 0.6) is 0 Å². The van der Waals surface area contributed by atoms with Crippen molar-refractivity contribution in [2.45, 2.75) is 64.0 Å². The summed E-state index contributed by atoms with van der Waals surface area (Å²) in [5.74, 6) is 0. The van der Waals surface area contributed by atoms with Gasteiger partial charge in [0.25, 0.3) is 0 Å². The molecule has 0 amide bonds. The molecule has 132 valence electrons. The van der Waals surface area contributed by atoms with Gasteiger partial charge in [0.2, 0.25) is 0 Å². The van der Waals surface area contributed by atoms with Crippen LogP contribution in [0.4, 0.5) is 0 Å². The number of fused-ring (bicyclic) bond motifs is 1. The zero-order valence-corrected chi connectivity index (χ0v) is 15.7. The van der Waals surface area contributed by atoms with Gasteiger partial charge in [-0.05, 0) is 64.7 Å². The van der Waals surface area contributed by atoms with Crippen LogP contribution in [0.15, 0.2) is 24.5 Å². The smallest absolute Gasteiger partial charge is 0.135 e. The van der Waals surface area contributed by atoms with Crippen LogP contribution in [0.25, 0.3) is 11.0 Å². The third kappa shape index (κ3) is 3.71. The minimum atomic E-state index is -1.10. The lowest BCUT2D eigenvalue weighted by Gasteiger charge is -2.24. The number of nitrogens with zero attached hydrogens (tertiary/aromatic N) is 2. The van der Waals surface area contributed by atoms with E-state index < -0.39 is 11.0 Å². The van der Waals surface area contributed by atoms with Crippen molar-refractivity contribution < 1.29 is 8.95 Å². The molecule has 1 N–H and O–H groups in total. The van der Waals surface area contributed by atoms with Gasteiger partial charge in [0.15, 0.2) is 0 Å². The van der Waals surface area contributed by atoms with E-state index in [9.17, 15) is 4.21 Å². The number of nitrogens with one attached hydrogen (secondary N) is 1. The van der Waals surface area contributed by atoms with Crippen molar-refractivity contribution >= 4 is 22.0 Å². The lowest BCUT2D eigenvalue weighted by atomic mass is 10.1. The second kappa shape index (κ2) is 6.94. The maximum Gasteiger partial charge on any atom is 0.135 e. The van der Waals surface area contributed by atoms with Crippen molar-refractivity contribution in [2.75, 3.05) is 6.61 Å². The fourth-order valence-electron chi connectivity index (χ4n) is 2.90. The number of aromatic nitrogens is 2. The Morgan fingerprint density at radius 1 is 1.38 bits per heavy atom. The summed E-state index contributed by atoms with van der Waals surface area (Å²) in [7, 11) is -1.10. The van der Waals surface area contributed by atoms with Crippen molar-refractivity contribution in [3.05, 3.63) is 30.1 Å². The molecule has 1 aromatic heterocycles. The first-order chi connectivity index (χ1) is 11.4. The fourth-order valence-corrected chi connectivity index (χ4v) is 3.71. The van der Waals surface area contributed by atoms with E-state index in [0.29, 0.717) is 0 Å². The summed E-state index contributed by atoms with van der Waals surface area (Å²) < 4.78 is 23.2. The summed E-state index contributed by atoms with van der Waals surface area (Å²) in [6.45, 7) is 8.77. The molecule has 0 bridgehead atoms. The zero-order valence-electron chi connectivity index (χ0n) is 14.9. The Bertz CT molecular complexity index is 729. The predicted molar refractivity (Wildman–Crippen MR) is 98.0 cm³/mol. The van der Waals surface area contributed by atoms with Crippen molar-refractivity contribution in [2.24, 2.45) is 0 Å². The summed E-state index contributed by atoms with van der Waals surface area (Å²) in [6.07, 6.45) is 5.34. The third-order valence-electron chi connectivity index (χ3n) is 4.40. The predicted octanol–water partition coefficient (Wildman–Crippen LogP) is 3.85. The van der Waals surface area contributed by atoms with Gasteiger partial charge in [-0.3, -0.25) is 0 Å². The summed E-state index contributed by atoms with van der Waals surface area (Å²) in [4.78, 5) is 4.54. The largest absolute Gasteiger partial charge is 0.358 e. The molecule has 0 spiro atoms. The van der Waals surface area contributed by atoms with Crippen LogP contribution in [-0.2, 0) is 15.7 Å². The molecule has 0 radical (unpaired) electrons. The van der Waals surface area contributed by atoms with Gasteiger partial charge < -0.3 is 9.30 Å². The first kappa shape index (κ1) is 17.6. The van der Waals surface area contributed by atoms with Crippen LogP contribution in [0.2, 0.25) is 0 Å². The third-order valence-corrected chi connectivity index (χ3v) is 6.08. The van der Waals surface area contributed by atoms with E-state index in [1.807, 2.05) is 34.0 Å². The highest BCUT2D eigenvalue weighted by atomic mass is 32.2. The molecule has 1 aromatic carbocycles. The van der Waals surface area contributed by atoms with E-state index in [1.54, 1.807) is 0 Å². The normalized spacial score (nSPS) is 21.8. The van der Waals surface area contributed by atoms with Crippen LogP contribution in [0.1, 0.15) is 64.8 Å². The summed E-state index contributed by atoms with van der Waals surface area (Å²) in [6, 6.07) is 6.26. The van der Waals surface area contributed by atoms with E-state index in [2.05, 4.69) is 32.5 Å². The van der Waals surface area contributed by atoms with Gasteiger partial charge in [-0.15, -0.1) is 0 Å². The molecule has 1 aliphatic rings. The van der Waals surface area contributed by atoms with Gasteiger partial charge in [-0.1, -0.05) is 6.07 Å². The molecule has 24 heavy (non-hydrogen) atoms. The van der Waals surface area contributed by atoms with Crippen LogP contribution in [-0.4, -0.2) is 25.1 Å². The average Bonchev–Trinajstić information content (AvgIpc) is 2.97. The first-order valence-electron chi connectivity index (χ1n) is 8.62. The summed E-state index contributed by atoms with van der Waals surface area (Å²) >= 11 is 0. The maximum atomic E-state index is 12.3. The van der Waals surface area contributed by atoms with E-state index in [4.69, 9.17) is 4.74 Å². The second-order valence-corrected chi connectivity index (χ2v) is 9.44. The lowest BCUT2D eigenvalue weighted by Crippen LogP contribution is -2.34. The molecule has 0 saturated carbocycles. The van der Waals surface area contributed by atoms with Crippen molar-refractivity contribution in [1.29, 1.82) is 0 Å². The molecule has 3 rings (SSSR count). The van der Waals surface area contributed by atoms with Gasteiger partial charge in [0.05, 0.1) is 33.1 Å². The number of hydrogen-bond donors (Lipinski definition) is 1. The number of imidazole rings is 1. The summed E-state index contributed by atoms with van der Waals surface area (Å²) in [5.41, 5.74) is 3.14. The quantitative estimate of drug-likeness (QED) is 0.912. The lowest BCUT2D eigenvalue weighted by molar-refractivity contribution is -0.0295. The van der Waals surface area contributed by atoms with Crippen LogP contribution in [0.3, 0.4) is 0 Å². The maximum absolute atomic E-state index is 12.3. The molecular weight excluding hydrogens is 322 g/mol. The monoisotopic (exact) mass is 349 g/mol.